The van der Waals surface area contributed by atoms with Crippen molar-refractivity contribution in [1.82, 2.24) is 25.5 Å². The highest BCUT2D eigenvalue weighted by Gasteiger charge is 2.08. The standard InChI is InChI=1S/C10H14BrN5S/c1-2-4-12-6-10-13-14-15-16(10)7-9-8(11)3-5-17-9/h3,5,12H,2,4,6-7H2,1H3. The summed E-state index contributed by atoms with van der Waals surface area (Å²) in [7, 11) is 0. The van der Waals surface area contributed by atoms with Crippen LogP contribution >= 0.6 is 27.3 Å². The van der Waals surface area contributed by atoms with Crippen LogP contribution in [-0.4, -0.2) is 26.8 Å². The third-order valence-electron chi connectivity index (χ3n) is 2.30. The van der Waals surface area contributed by atoms with Crippen LogP contribution in [0, 0.1) is 0 Å². The fourth-order valence-electron chi connectivity index (χ4n) is 1.42. The van der Waals surface area contributed by atoms with E-state index in [1.54, 1.807) is 11.3 Å². The van der Waals surface area contributed by atoms with Gasteiger partial charge >= 0.3 is 0 Å². The highest BCUT2D eigenvalue weighted by Crippen LogP contribution is 2.23. The summed E-state index contributed by atoms with van der Waals surface area (Å²) in [6, 6.07) is 2.04. The first-order chi connectivity index (χ1) is 8.31. The largest absolute Gasteiger partial charge is 0.310 e. The molecule has 0 saturated carbocycles. The highest BCUT2D eigenvalue weighted by molar-refractivity contribution is 9.10. The van der Waals surface area contributed by atoms with Crippen LogP contribution in [0.1, 0.15) is 24.0 Å². The number of nitrogens with one attached hydrogen (secondary N) is 1. The molecule has 2 rings (SSSR count). The molecule has 7 heteroatoms. The molecule has 5 nitrogen and oxygen atoms in total. The average molecular weight is 316 g/mol. The van der Waals surface area contributed by atoms with E-state index >= 15 is 0 Å². The van der Waals surface area contributed by atoms with Gasteiger partial charge < -0.3 is 5.32 Å². The number of halogens is 1. The molecule has 0 spiro atoms. The van der Waals surface area contributed by atoms with Crippen LogP contribution in [-0.2, 0) is 13.1 Å². The first-order valence-corrected chi connectivity index (χ1v) is 7.16. The van der Waals surface area contributed by atoms with E-state index in [9.17, 15) is 0 Å². The number of hydrogen-bond donors (Lipinski definition) is 1. The predicted octanol–water partition coefficient (Wildman–Crippen LogP) is 2.04. The van der Waals surface area contributed by atoms with Crippen LogP contribution in [0.2, 0.25) is 0 Å². The van der Waals surface area contributed by atoms with E-state index in [0.717, 1.165) is 23.3 Å². The van der Waals surface area contributed by atoms with Crippen molar-refractivity contribution in [3.8, 4) is 0 Å². The minimum atomic E-state index is 0.712. The Hall–Kier alpha value is -0.790. The summed E-state index contributed by atoms with van der Waals surface area (Å²) in [5, 5.41) is 17.1. The van der Waals surface area contributed by atoms with Crippen molar-refractivity contribution in [1.29, 1.82) is 0 Å². The van der Waals surface area contributed by atoms with E-state index in [1.807, 2.05) is 10.7 Å². The molecule has 1 N–H and O–H groups in total. The van der Waals surface area contributed by atoms with Crippen molar-refractivity contribution in [2.24, 2.45) is 0 Å². The molecule has 0 amide bonds. The maximum atomic E-state index is 4.03. The Morgan fingerprint density at radius 2 is 2.41 bits per heavy atom. The fraction of sp³-hybridized carbons (Fsp3) is 0.500. The average Bonchev–Trinajstić information content (AvgIpc) is 2.91. The molecule has 17 heavy (non-hydrogen) atoms. The van der Waals surface area contributed by atoms with E-state index in [1.165, 1.54) is 4.88 Å². The molecule has 2 heterocycles. The molecule has 2 aromatic rings. The summed E-state index contributed by atoms with van der Waals surface area (Å²) in [6.45, 7) is 4.55. The van der Waals surface area contributed by atoms with E-state index < -0.39 is 0 Å². The van der Waals surface area contributed by atoms with E-state index in [2.05, 4.69) is 49.1 Å². The second-order valence-corrected chi connectivity index (χ2v) is 5.48. The number of aromatic nitrogens is 4. The van der Waals surface area contributed by atoms with E-state index in [-0.39, 0.29) is 0 Å². The smallest absolute Gasteiger partial charge is 0.165 e. The van der Waals surface area contributed by atoms with Crippen molar-refractivity contribution in [3.05, 3.63) is 26.6 Å². The summed E-state index contributed by atoms with van der Waals surface area (Å²) < 4.78 is 2.95. The van der Waals surface area contributed by atoms with Gasteiger partial charge in [-0.05, 0) is 50.8 Å². The van der Waals surface area contributed by atoms with Crippen molar-refractivity contribution in [2.45, 2.75) is 26.4 Å². The summed E-state index contributed by atoms with van der Waals surface area (Å²) in [5.74, 6) is 0.874. The molecule has 0 aliphatic rings. The zero-order chi connectivity index (χ0) is 12.1. The summed E-state index contributed by atoms with van der Waals surface area (Å²) in [6.07, 6.45) is 1.11. The topological polar surface area (TPSA) is 55.6 Å². The molecule has 0 radical (unpaired) electrons. The van der Waals surface area contributed by atoms with Crippen LogP contribution in [0.25, 0.3) is 0 Å². The number of tetrazole rings is 1. The first kappa shape index (κ1) is 12.7. The lowest BCUT2D eigenvalue weighted by molar-refractivity contribution is 0.580. The molecule has 0 fully saturated rings. The Morgan fingerprint density at radius 1 is 1.53 bits per heavy atom. The second kappa shape index (κ2) is 6.23. The molecular weight excluding hydrogens is 302 g/mol. The van der Waals surface area contributed by atoms with Crippen molar-refractivity contribution in [2.75, 3.05) is 6.54 Å². The van der Waals surface area contributed by atoms with Gasteiger partial charge in [-0.15, -0.1) is 16.4 Å². The minimum absolute atomic E-state index is 0.712. The zero-order valence-electron chi connectivity index (χ0n) is 9.56. The first-order valence-electron chi connectivity index (χ1n) is 5.49. The van der Waals surface area contributed by atoms with Crippen LogP contribution in [0.4, 0.5) is 0 Å². The van der Waals surface area contributed by atoms with Gasteiger partial charge in [0.25, 0.3) is 0 Å². The maximum absolute atomic E-state index is 4.03. The van der Waals surface area contributed by atoms with Crippen LogP contribution in [0.3, 0.4) is 0 Å². The number of hydrogen-bond acceptors (Lipinski definition) is 5. The Bertz CT molecular complexity index is 467. The lowest BCUT2D eigenvalue weighted by Crippen LogP contribution is -2.18. The Morgan fingerprint density at radius 3 is 3.12 bits per heavy atom. The summed E-state index contributed by atoms with van der Waals surface area (Å²) >= 11 is 5.21. The summed E-state index contributed by atoms with van der Waals surface area (Å²) in [4.78, 5) is 1.23. The monoisotopic (exact) mass is 315 g/mol. The van der Waals surface area contributed by atoms with Crippen LogP contribution in [0.5, 0.6) is 0 Å². The number of nitrogens with zero attached hydrogens (tertiary/aromatic N) is 4. The van der Waals surface area contributed by atoms with Gasteiger partial charge in [0.2, 0.25) is 0 Å². The minimum Gasteiger partial charge on any atom is -0.310 e. The van der Waals surface area contributed by atoms with E-state index in [4.69, 9.17) is 0 Å². The molecule has 0 aliphatic carbocycles. The van der Waals surface area contributed by atoms with Crippen LogP contribution < -0.4 is 5.32 Å². The zero-order valence-corrected chi connectivity index (χ0v) is 12.0. The Balaban J connectivity index is 2.01. The van der Waals surface area contributed by atoms with Gasteiger partial charge in [0.1, 0.15) is 0 Å². The molecule has 0 unspecified atom stereocenters. The number of thiophene rings is 1. The van der Waals surface area contributed by atoms with Gasteiger partial charge in [-0.3, -0.25) is 0 Å². The number of rotatable bonds is 6. The lowest BCUT2D eigenvalue weighted by atomic mass is 10.4. The van der Waals surface area contributed by atoms with Gasteiger partial charge in [-0.25, -0.2) is 4.68 Å². The third kappa shape index (κ3) is 3.34. The molecule has 92 valence electrons. The van der Waals surface area contributed by atoms with Crippen LogP contribution in [0.15, 0.2) is 15.9 Å². The molecule has 2 aromatic heterocycles. The molecular formula is C10H14BrN5S. The Labute approximate surface area is 112 Å². The van der Waals surface area contributed by atoms with Crippen molar-refractivity contribution >= 4 is 27.3 Å². The molecule has 0 atom stereocenters. The quantitative estimate of drug-likeness (QED) is 0.829. The lowest BCUT2D eigenvalue weighted by Gasteiger charge is -2.04. The molecule has 0 saturated heterocycles. The Kier molecular flexibility index (Phi) is 4.64. The van der Waals surface area contributed by atoms with Gasteiger partial charge in [-0.1, -0.05) is 6.92 Å². The van der Waals surface area contributed by atoms with E-state index in [0.29, 0.717) is 13.1 Å². The summed E-state index contributed by atoms with van der Waals surface area (Å²) in [5.41, 5.74) is 0. The highest BCUT2D eigenvalue weighted by atomic mass is 79.9. The molecule has 0 aromatic carbocycles. The second-order valence-electron chi connectivity index (χ2n) is 3.62. The SMILES string of the molecule is CCCNCc1nnnn1Cc1sccc1Br. The van der Waals surface area contributed by atoms with Gasteiger partial charge in [0, 0.05) is 9.35 Å². The van der Waals surface area contributed by atoms with Crippen molar-refractivity contribution < 1.29 is 0 Å². The fourth-order valence-corrected chi connectivity index (χ4v) is 2.88. The third-order valence-corrected chi connectivity index (χ3v) is 4.21. The maximum Gasteiger partial charge on any atom is 0.165 e. The van der Waals surface area contributed by atoms with Gasteiger partial charge in [-0.2, -0.15) is 0 Å². The predicted molar refractivity (Wildman–Crippen MR) is 70.9 cm³/mol. The normalized spacial score (nSPS) is 10.9. The van der Waals surface area contributed by atoms with Gasteiger partial charge in [0.15, 0.2) is 5.82 Å². The molecule has 0 aliphatic heterocycles. The van der Waals surface area contributed by atoms with Gasteiger partial charge in [0.05, 0.1) is 13.1 Å². The molecule has 0 bridgehead atoms. The van der Waals surface area contributed by atoms with Crippen molar-refractivity contribution in [3.63, 3.8) is 0 Å².